The topological polar surface area (TPSA) is 43.6 Å². The van der Waals surface area contributed by atoms with E-state index in [0.717, 1.165) is 116 Å². The molecule has 3 heterocycles. The van der Waals surface area contributed by atoms with Crippen molar-refractivity contribution >= 4 is 54.4 Å². The SMILES string of the molecule is c1ccc(-c2cc(-c3ccccc3)cc(-c3nc(-c4cccc(-c5ccc6c(c5)c5cc7nc(-c8ccccc8)c8ccccc8c7cc5n6-c5ccccc5)c4)nc4ccccc34)c2)cc1. The molecule has 0 amide bonds. The average molecular weight is 853 g/mol. The zero-order valence-electron chi connectivity index (χ0n) is 36.4. The molecule has 4 heteroatoms. The minimum Gasteiger partial charge on any atom is -0.309 e. The molecule has 3 aromatic heterocycles. The first-order chi connectivity index (χ1) is 33.2. The van der Waals surface area contributed by atoms with Gasteiger partial charge in [-0.1, -0.05) is 176 Å². The van der Waals surface area contributed by atoms with E-state index in [2.05, 4.69) is 247 Å². The van der Waals surface area contributed by atoms with Gasteiger partial charge in [0.1, 0.15) is 0 Å². The third-order valence-corrected chi connectivity index (χ3v) is 13.1. The van der Waals surface area contributed by atoms with Crippen LogP contribution in [0, 0.1) is 0 Å². The summed E-state index contributed by atoms with van der Waals surface area (Å²) in [6.07, 6.45) is 0. The van der Waals surface area contributed by atoms with E-state index < -0.39 is 0 Å². The van der Waals surface area contributed by atoms with Crippen LogP contribution in [-0.4, -0.2) is 19.5 Å². The van der Waals surface area contributed by atoms with Gasteiger partial charge in [-0.15, -0.1) is 0 Å². The van der Waals surface area contributed by atoms with Crippen LogP contribution < -0.4 is 0 Å². The second-order valence-electron chi connectivity index (χ2n) is 17.2. The molecule has 0 saturated heterocycles. The molecule has 312 valence electrons. The number of fused-ring (bicyclic) bond motifs is 7. The molecule has 13 aromatic rings. The van der Waals surface area contributed by atoms with Crippen molar-refractivity contribution in [3.05, 3.63) is 243 Å². The van der Waals surface area contributed by atoms with E-state index in [-0.39, 0.29) is 0 Å². The van der Waals surface area contributed by atoms with Crippen molar-refractivity contribution in [2.75, 3.05) is 0 Å². The largest absolute Gasteiger partial charge is 0.309 e. The van der Waals surface area contributed by atoms with Crippen molar-refractivity contribution in [1.29, 1.82) is 0 Å². The molecular formula is C63H40N4. The van der Waals surface area contributed by atoms with Crippen molar-refractivity contribution in [2.45, 2.75) is 0 Å². The monoisotopic (exact) mass is 852 g/mol. The minimum absolute atomic E-state index is 0.683. The molecule has 0 unspecified atom stereocenters. The maximum Gasteiger partial charge on any atom is 0.160 e. The number of hydrogen-bond donors (Lipinski definition) is 0. The van der Waals surface area contributed by atoms with Gasteiger partial charge in [-0.25, -0.2) is 15.0 Å². The van der Waals surface area contributed by atoms with Crippen LogP contribution in [0.5, 0.6) is 0 Å². The molecule has 0 bridgehead atoms. The Morgan fingerprint density at radius 1 is 0.239 bits per heavy atom. The molecule has 13 rings (SSSR count). The molecular weight excluding hydrogens is 813 g/mol. The van der Waals surface area contributed by atoms with Gasteiger partial charge in [-0.05, 0) is 105 Å². The van der Waals surface area contributed by atoms with Crippen LogP contribution >= 0.6 is 0 Å². The minimum atomic E-state index is 0.683. The van der Waals surface area contributed by atoms with Crippen LogP contribution in [0.25, 0.3) is 127 Å². The summed E-state index contributed by atoms with van der Waals surface area (Å²) in [6, 6.07) is 86.3. The van der Waals surface area contributed by atoms with Gasteiger partial charge in [0.15, 0.2) is 5.82 Å². The average Bonchev–Trinajstić information content (AvgIpc) is 3.73. The fraction of sp³-hybridized carbons (Fsp3) is 0. The molecule has 0 N–H and O–H groups in total. The summed E-state index contributed by atoms with van der Waals surface area (Å²) in [6.45, 7) is 0. The van der Waals surface area contributed by atoms with Gasteiger partial charge < -0.3 is 4.57 Å². The molecule has 0 atom stereocenters. The second-order valence-corrected chi connectivity index (χ2v) is 17.2. The number of benzene rings is 10. The van der Waals surface area contributed by atoms with E-state index in [0.29, 0.717) is 5.82 Å². The smallest absolute Gasteiger partial charge is 0.160 e. The van der Waals surface area contributed by atoms with Crippen LogP contribution in [0.3, 0.4) is 0 Å². The summed E-state index contributed by atoms with van der Waals surface area (Å²) < 4.78 is 2.39. The summed E-state index contributed by atoms with van der Waals surface area (Å²) in [5, 5.41) is 6.80. The van der Waals surface area contributed by atoms with Gasteiger partial charge in [0.2, 0.25) is 0 Å². The van der Waals surface area contributed by atoms with E-state index >= 15 is 0 Å². The molecule has 0 fully saturated rings. The second kappa shape index (κ2) is 15.9. The standard InChI is InChI=1S/C63H40N4/c1-5-18-41(19-6-1)47-35-48(42-20-7-2-8-21-42)37-49(36-47)62-53-30-15-16-31-57(53)65-63(66-62)46-25-17-24-44(34-46)45-32-33-59-55(38-45)56-39-58-54(40-60(56)67(59)50-26-11-4-12-27-50)51-28-13-14-29-52(51)61(64-58)43-22-9-3-10-23-43/h1-40H. The highest BCUT2D eigenvalue weighted by Crippen LogP contribution is 2.41. The molecule has 67 heavy (non-hydrogen) atoms. The van der Waals surface area contributed by atoms with Crippen molar-refractivity contribution in [1.82, 2.24) is 19.5 Å². The Morgan fingerprint density at radius 2 is 0.761 bits per heavy atom. The van der Waals surface area contributed by atoms with Crippen LogP contribution in [0.2, 0.25) is 0 Å². The lowest BCUT2D eigenvalue weighted by Crippen LogP contribution is -1.96. The number of nitrogens with zero attached hydrogens (tertiary/aromatic N) is 4. The lowest BCUT2D eigenvalue weighted by molar-refractivity contribution is 1.18. The maximum atomic E-state index is 5.43. The Balaban J connectivity index is 0.980. The van der Waals surface area contributed by atoms with E-state index in [4.69, 9.17) is 15.0 Å². The Kier molecular flexibility index (Phi) is 9.14. The summed E-state index contributed by atoms with van der Waals surface area (Å²) in [5.41, 5.74) is 17.1. The zero-order chi connectivity index (χ0) is 44.3. The molecule has 0 radical (unpaired) electrons. The van der Waals surface area contributed by atoms with Crippen molar-refractivity contribution < 1.29 is 0 Å². The summed E-state index contributed by atoms with van der Waals surface area (Å²) in [5.74, 6) is 0.683. The van der Waals surface area contributed by atoms with Crippen molar-refractivity contribution in [2.24, 2.45) is 0 Å². The van der Waals surface area contributed by atoms with Gasteiger partial charge in [-0.3, -0.25) is 0 Å². The van der Waals surface area contributed by atoms with Crippen LogP contribution in [0.15, 0.2) is 243 Å². The van der Waals surface area contributed by atoms with E-state index in [1.54, 1.807) is 0 Å². The molecule has 4 nitrogen and oxygen atoms in total. The number of pyridine rings is 1. The number of aromatic nitrogens is 4. The maximum absolute atomic E-state index is 5.43. The highest BCUT2D eigenvalue weighted by molar-refractivity contribution is 6.19. The summed E-state index contributed by atoms with van der Waals surface area (Å²) in [7, 11) is 0. The van der Waals surface area contributed by atoms with Gasteiger partial charge in [0.05, 0.1) is 33.5 Å². The predicted molar refractivity (Wildman–Crippen MR) is 279 cm³/mol. The normalized spacial score (nSPS) is 11.6. The van der Waals surface area contributed by atoms with Crippen LogP contribution in [0.1, 0.15) is 0 Å². The van der Waals surface area contributed by atoms with Gasteiger partial charge >= 0.3 is 0 Å². The molecule has 0 saturated carbocycles. The Bertz CT molecular complexity index is 3950. The lowest BCUT2D eigenvalue weighted by Gasteiger charge is -2.14. The van der Waals surface area contributed by atoms with Gasteiger partial charge in [-0.2, -0.15) is 0 Å². The fourth-order valence-corrected chi connectivity index (χ4v) is 9.94. The first kappa shape index (κ1) is 38.5. The lowest BCUT2D eigenvalue weighted by atomic mass is 9.94. The van der Waals surface area contributed by atoms with E-state index in [1.165, 1.54) is 5.39 Å². The molecule has 0 spiro atoms. The van der Waals surface area contributed by atoms with Crippen molar-refractivity contribution in [3.8, 4) is 73.0 Å². The van der Waals surface area contributed by atoms with E-state index in [1.807, 2.05) is 0 Å². The highest BCUT2D eigenvalue weighted by atomic mass is 15.0. The van der Waals surface area contributed by atoms with Gasteiger partial charge in [0, 0.05) is 49.3 Å². The number of hydrogen-bond acceptors (Lipinski definition) is 3. The third kappa shape index (κ3) is 6.74. The molecule has 0 aliphatic carbocycles. The number of para-hydroxylation sites is 2. The zero-order valence-corrected chi connectivity index (χ0v) is 36.4. The Hall–Kier alpha value is -8.99. The number of rotatable bonds is 7. The highest BCUT2D eigenvalue weighted by Gasteiger charge is 2.19. The fourth-order valence-electron chi connectivity index (χ4n) is 9.94. The quantitative estimate of drug-likeness (QED) is 0.150. The summed E-state index contributed by atoms with van der Waals surface area (Å²) in [4.78, 5) is 16.1. The van der Waals surface area contributed by atoms with Crippen LogP contribution in [-0.2, 0) is 0 Å². The predicted octanol–water partition coefficient (Wildman–Crippen LogP) is 16.4. The first-order valence-electron chi connectivity index (χ1n) is 22.8. The van der Waals surface area contributed by atoms with Crippen LogP contribution in [0.4, 0.5) is 0 Å². The first-order valence-corrected chi connectivity index (χ1v) is 22.8. The molecule has 0 aliphatic rings. The summed E-state index contributed by atoms with van der Waals surface area (Å²) >= 11 is 0. The van der Waals surface area contributed by atoms with Gasteiger partial charge in [0.25, 0.3) is 0 Å². The Labute approximate surface area is 387 Å². The van der Waals surface area contributed by atoms with E-state index in [9.17, 15) is 0 Å². The molecule has 0 aliphatic heterocycles. The molecule has 10 aromatic carbocycles. The van der Waals surface area contributed by atoms with Crippen molar-refractivity contribution in [3.63, 3.8) is 0 Å². The third-order valence-electron chi connectivity index (χ3n) is 13.1. The Morgan fingerprint density at radius 3 is 1.48 bits per heavy atom.